The van der Waals surface area contributed by atoms with Gasteiger partial charge in [-0.25, -0.2) is 9.97 Å². The lowest BCUT2D eigenvalue weighted by atomic mass is 10.1. The number of rotatable bonds is 4. The summed E-state index contributed by atoms with van der Waals surface area (Å²) in [7, 11) is 1.87. The van der Waals surface area contributed by atoms with E-state index in [1.807, 2.05) is 62.6 Å². The molecule has 38 heavy (non-hydrogen) atoms. The van der Waals surface area contributed by atoms with Gasteiger partial charge in [0.05, 0.1) is 23.3 Å². The molecule has 0 saturated heterocycles. The number of carbonyl (C=O) groups is 1. The van der Waals surface area contributed by atoms with Crippen LogP contribution in [-0.4, -0.2) is 34.6 Å². The minimum atomic E-state index is -0.371. The number of nitrogens with one attached hydrogen (secondary N) is 1. The molecule has 1 unspecified atom stereocenters. The van der Waals surface area contributed by atoms with Crippen LogP contribution in [0.2, 0.25) is 0 Å². The molecule has 0 aliphatic heterocycles. The lowest BCUT2D eigenvalue weighted by Crippen LogP contribution is -2.29. The van der Waals surface area contributed by atoms with Gasteiger partial charge in [-0.05, 0) is 31.2 Å². The first-order chi connectivity index (χ1) is 18.5. The third-order valence-electron chi connectivity index (χ3n) is 6.40. The molecule has 9 nitrogen and oxygen atoms in total. The van der Waals surface area contributed by atoms with Crippen LogP contribution in [-0.2, 0) is 7.05 Å². The van der Waals surface area contributed by atoms with Crippen LogP contribution in [0.4, 0.5) is 5.82 Å². The van der Waals surface area contributed by atoms with Gasteiger partial charge in [0.1, 0.15) is 17.7 Å². The smallest absolute Gasteiger partial charge is 0.259 e. The van der Waals surface area contributed by atoms with Crippen molar-refractivity contribution in [3.63, 3.8) is 0 Å². The van der Waals surface area contributed by atoms with E-state index in [0.29, 0.717) is 5.65 Å². The van der Waals surface area contributed by atoms with E-state index in [0.717, 1.165) is 33.4 Å². The number of carbonyl (C=O) groups excluding carboxylic acids is 1. The Morgan fingerprint density at radius 2 is 1.92 bits per heavy atom. The minimum Gasteiger partial charge on any atom is -0.383 e. The summed E-state index contributed by atoms with van der Waals surface area (Å²) in [6.07, 6.45) is 8.50. The van der Waals surface area contributed by atoms with E-state index >= 15 is 0 Å². The van der Waals surface area contributed by atoms with Crippen molar-refractivity contribution in [1.82, 2.24) is 34.0 Å². The van der Waals surface area contributed by atoms with E-state index in [4.69, 9.17) is 5.73 Å². The maximum Gasteiger partial charge on any atom is 0.259 e. The van der Waals surface area contributed by atoms with Crippen LogP contribution in [0.3, 0.4) is 0 Å². The van der Waals surface area contributed by atoms with Crippen molar-refractivity contribution in [2.75, 3.05) is 5.73 Å². The number of aryl methyl sites for hydroxylation is 1. The first kappa shape index (κ1) is 23.1. The summed E-state index contributed by atoms with van der Waals surface area (Å²) in [5.74, 6) is 6.33. The Balaban J connectivity index is 1.46. The van der Waals surface area contributed by atoms with Crippen molar-refractivity contribution in [2.24, 2.45) is 7.05 Å². The molecule has 6 rings (SSSR count). The fourth-order valence-corrected chi connectivity index (χ4v) is 4.64. The first-order valence-corrected chi connectivity index (χ1v) is 12.1. The zero-order valence-corrected chi connectivity index (χ0v) is 20.8. The number of nitrogen functional groups attached to an aromatic ring is 1. The monoisotopic (exact) mass is 500 g/mol. The number of fused-ring (bicyclic) bond motifs is 2. The Morgan fingerprint density at radius 3 is 2.71 bits per heavy atom. The number of nitrogens with two attached hydrogens (primary N) is 1. The largest absolute Gasteiger partial charge is 0.383 e. The number of benzene rings is 2. The number of aromatic nitrogens is 6. The van der Waals surface area contributed by atoms with Crippen LogP contribution in [0.15, 0.2) is 85.7 Å². The van der Waals surface area contributed by atoms with Crippen LogP contribution >= 0.6 is 0 Å². The Bertz CT molecular complexity index is 1870. The molecule has 4 aromatic heterocycles. The predicted octanol–water partition coefficient (Wildman–Crippen LogP) is 3.88. The molecular formula is C29H24N8O. The van der Waals surface area contributed by atoms with Crippen molar-refractivity contribution in [3.8, 4) is 17.5 Å². The molecule has 0 radical (unpaired) electrons. The van der Waals surface area contributed by atoms with Gasteiger partial charge >= 0.3 is 0 Å². The van der Waals surface area contributed by atoms with Crippen LogP contribution in [0, 0.1) is 11.8 Å². The van der Waals surface area contributed by atoms with Gasteiger partial charge in [0.25, 0.3) is 5.91 Å². The van der Waals surface area contributed by atoms with Gasteiger partial charge in [-0.15, -0.1) is 0 Å². The fourth-order valence-electron chi connectivity index (χ4n) is 4.64. The number of imidazole rings is 1. The first-order valence-electron chi connectivity index (χ1n) is 12.1. The third-order valence-corrected chi connectivity index (χ3v) is 6.40. The van der Waals surface area contributed by atoms with Crippen molar-refractivity contribution in [2.45, 2.75) is 13.0 Å². The zero-order chi connectivity index (χ0) is 26.2. The second-order valence-corrected chi connectivity index (χ2v) is 8.99. The van der Waals surface area contributed by atoms with Crippen LogP contribution in [0.5, 0.6) is 0 Å². The normalized spacial score (nSPS) is 11.8. The summed E-state index contributed by atoms with van der Waals surface area (Å²) in [4.78, 5) is 21.9. The molecule has 186 valence electrons. The molecular weight excluding hydrogens is 476 g/mol. The lowest BCUT2D eigenvalue weighted by Gasteiger charge is -2.19. The molecule has 2 aromatic carbocycles. The van der Waals surface area contributed by atoms with Crippen molar-refractivity contribution >= 4 is 28.3 Å². The zero-order valence-electron chi connectivity index (χ0n) is 20.8. The number of para-hydroxylation sites is 2. The number of amides is 1. The maximum absolute atomic E-state index is 13.4. The van der Waals surface area contributed by atoms with E-state index in [1.54, 1.807) is 34.0 Å². The molecule has 3 N–H and O–H groups in total. The Kier molecular flexibility index (Phi) is 5.62. The number of hydrogen-bond acceptors (Lipinski definition) is 5. The highest BCUT2D eigenvalue weighted by molar-refractivity contribution is 6.04. The Hall–Kier alpha value is -5.36. The van der Waals surface area contributed by atoms with Gasteiger partial charge < -0.3 is 15.6 Å². The molecule has 1 atom stereocenters. The van der Waals surface area contributed by atoms with E-state index in [2.05, 4.69) is 48.9 Å². The predicted molar refractivity (Wildman–Crippen MR) is 146 cm³/mol. The highest BCUT2D eigenvalue weighted by Crippen LogP contribution is 2.31. The molecule has 0 bridgehead atoms. The molecule has 0 saturated carbocycles. The highest BCUT2D eigenvalue weighted by Gasteiger charge is 2.23. The molecule has 0 aliphatic carbocycles. The van der Waals surface area contributed by atoms with E-state index in [-0.39, 0.29) is 23.3 Å². The summed E-state index contributed by atoms with van der Waals surface area (Å²) in [6.45, 7) is 1.95. The van der Waals surface area contributed by atoms with Crippen molar-refractivity contribution in [1.29, 1.82) is 0 Å². The Morgan fingerprint density at radius 1 is 1.08 bits per heavy atom. The molecule has 9 heteroatoms. The molecule has 0 fully saturated rings. The van der Waals surface area contributed by atoms with Gasteiger partial charge in [0.15, 0.2) is 5.65 Å². The van der Waals surface area contributed by atoms with E-state index < -0.39 is 0 Å². The quantitative estimate of drug-likeness (QED) is 0.357. The SMILES string of the molecule is CC(NC(=O)c1c(N)ncn2ccnc12)c1cc2cccc(C#Cc3cnn(C)c3)c2n1-c1ccccc1. The summed E-state index contributed by atoms with van der Waals surface area (Å²) in [5.41, 5.74) is 11.3. The molecule has 6 aromatic rings. The van der Waals surface area contributed by atoms with Gasteiger partial charge in [-0.2, -0.15) is 5.10 Å². The lowest BCUT2D eigenvalue weighted by molar-refractivity contribution is 0.0940. The van der Waals surface area contributed by atoms with Crippen molar-refractivity contribution in [3.05, 3.63) is 108 Å². The number of nitrogens with zero attached hydrogens (tertiary/aromatic N) is 6. The topological polar surface area (TPSA) is 108 Å². The Labute approximate surface area is 218 Å². The van der Waals surface area contributed by atoms with E-state index in [9.17, 15) is 4.79 Å². The summed E-state index contributed by atoms with van der Waals surface area (Å²) in [6, 6.07) is 17.8. The minimum absolute atomic E-state index is 0.130. The highest BCUT2D eigenvalue weighted by atomic mass is 16.1. The van der Waals surface area contributed by atoms with Gasteiger partial charge in [0.2, 0.25) is 0 Å². The summed E-state index contributed by atoms with van der Waals surface area (Å²) >= 11 is 0. The van der Waals surface area contributed by atoms with E-state index in [1.165, 1.54) is 0 Å². The molecule has 4 heterocycles. The summed E-state index contributed by atoms with van der Waals surface area (Å²) in [5, 5.41) is 8.33. The van der Waals surface area contributed by atoms with Gasteiger partial charge in [0, 0.05) is 48.0 Å². The van der Waals surface area contributed by atoms with Gasteiger partial charge in [-0.3, -0.25) is 13.9 Å². The molecule has 0 spiro atoms. The standard InChI is InChI=1S/C29H24N8O/c1-19(34-29(38)25-27(30)32-18-36-14-13-31-28(25)36)24-15-22-8-6-7-21(12-11-20-16-33-35(2)17-20)26(22)37(24)23-9-4-3-5-10-23/h3-10,13-19H,30H2,1-2H3,(H,34,38). The fraction of sp³-hybridized carbons (Fsp3) is 0.103. The maximum atomic E-state index is 13.4. The second-order valence-electron chi connectivity index (χ2n) is 8.99. The third kappa shape index (κ3) is 4.04. The van der Waals surface area contributed by atoms with Gasteiger partial charge in [-0.1, -0.05) is 42.2 Å². The molecule has 0 aliphatic rings. The summed E-state index contributed by atoms with van der Waals surface area (Å²) < 4.78 is 5.54. The van der Waals surface area contributed by atoms with Crippen molar-refractivity contribution < 1.29 is 4.79 Å². The number of anilines is 1. The number of hydrogen-bond donors (Lipinski definition) is 2. The average molecular weight is 501 g/mol. The average Bonchev–Trinajstić information content (AvgIpc) is 3.66. The van der Waals surface area contributed by atoms with Crippen LogP contribution in [0.1, 0.15) is 40.1 Å². The van der Waals surface area contributed by atoms with Crippen LogP contribution < -0.4 is 11.1 Å². The molecule has 1 amide bonds. The van der Waals surface area contributed by atoms with Crippen LogP contribution in [0.25, 0.3) is 22.2 Å². The second kappa shape index (κ2) is 9.26.